The third-order valence-electron chi connectivity index (χ3n) is 3.18. The molecule has 1 heterocycles. The van der Waals surface area contributed by atoms with Crippen molar-refractivity contribution >= 4 is 0 Å². The van der Waals surface area contributed by atoms with E-state index >= 15 is 0 Å². The van der Waals surface area contributed by atoms with E-state index in [0.29, 0.717) is 12.1 Å². The van der Waals surface area contributed by atoms with Gasteiger partial charge in [-0.25, -0.2) is 8.78 Å². The van der Waals surface area contributed by atoms with Gasteiger partial charge in [0, 0.05) is 18.3 Å². The molecule has 0 aliphatic carbocycles. The lowest BCUT2D eigenvalue weighted by Crippen LogP contribution is -2.26. The summed E-state index contributed by atoms with van der Waals surface area (Å²) in [6, 6.07) is 5.70. The van der Waals surface area contributed by atoms with E-state index in [1.807, 2.05) is 17.7 Å². The number of benzene rings is 1. The molecule has 0 aliphatic heterocycles. The van der Waals surface area contributed by atoms with Crippen molar-refractivity contribution in [2.45, 2.75) is 32.9 Å². The van der Waals surface area contributed by atoms with E-state index in [2.05, 4.69) is 17.3 Å². The fraction of sp³-hybridized carbons (Fsp3) is 0.400. The highest BCUT2D eigenvalue weighted by Crippen LogP contribution is 2.25. The minimum absolute atomic E-state index is 0.310. The van der Waals surface area contributed by atoms with Crippen molar-refractivity contribution < 1.29 is 8.78 Å². The van der Waals surface area contributed by atoms with E-state index in [1.165, 1.54) is 6.07 Å². The van der Waals surface area contributed by atoms with Crippen molar-refractivity contribution in [3.05, 3.63) is 53.4 Å². The molecule has 0 saturated heterocycles. The molecule has 0 aliphatic rings. The summed E-state index contributed by atoms with van der Waals surface area (Å²) in [4.78, 5) is 0. The number of nitrogens with zero attached hydrogens (tertiary/aromatic N) is 2. The topological polar surface area (TPSA) is 29.9 Å². The van der Waals surface area contributed by atoms with Crippen LogP contribution in [0.25, 0.3) is 0 Å². The maximum atomic E-state index is 14.0. The Bertz CT molecular complexity index is 566. The zero-order chi connectivity index (χ0) is 14.5. The first-order valence-corrected chi connectivity index (χ1v) is 6.88. The summed E-state index contributed by atoms with van der Waals surface area (Å²) in [6.45, 7) is 5.39. The van der Waals surface area contributed by atoms with Gasteiger partial charge in [-0.1, -0.05) is 26.0 Å². The second-order valence-corrected chi connectivity index (χ2v) is 4.61. The number of aromatic nitrogens is 2. The van der Waals surface area contributed by atoms with Crippen molar-refractivity contribution in [3.8, 4) is 0 Å². The molecule has 2 aromatic rings. The molecule has 0 saturated carbocycles. The Morgan fingerprint density at radius 3 is 2.75 bits per heavy atom. The molecule has 0 spiro atoms. The molecule has 20 heavy (non-hydrogen) atoms. The molecule has 1 N–H and O–H groups in total. The van der Waals surface area contributed by atoms with Crippen molar-refractivity contribution in [2.75, 3.05) is 6.54 Å². The van der Waals surface area contributed by atoms with Crippen LogP contribution in [0.4, 0.5) is 8.78 Å². The Balaban J connectivity index is 2.45. The number of halogens is 2. The fourth-order valence-corrected chi connectivity index (χ4v) is 2.31. The van der Waals surface area contributed by atoms with Gasteiger partial charge in [-0.2, -0.15) is 5.10 Å². The highest BCUT2D eigenvalue weighted by Gasteiger charge is 2.22. The molecule has 3 nitrogen and oxygen atoms in total. The van der Waals surface area contributed by atoms with E-state index in [0.717, 1.165) is 24.7 Å². The lowest BCUT2D eigenvalue weighted by Gasteiger charge is -2.20. The standard InChI is InChI=1S/C15H19F2N3/c1-3-10-20-13(8-9-19-20)15(18-4-2)11-6-5-7-12(16)14(11)17/h5-9,15,18H,3-4,10H2,1-2H3. The summed E-state index contributed by atoms with van der Waals surface area (Å²) in [5, 5.41) is 7.45. The Kier molecular flexibility index (Phi) is 4.84. The van der Waals surface area contributed by atoms with Gasteiger partial charge in [-0.3, -0.25) is 4.68 Å². The predicted molar refractivity (Wildman–Crippen MR) is 74.4 cm³/mol. The van der Waals surface area contributed by atoms with Gasteiger partial charge in [0.15, 0.2) is 11.6 Å². The SMILES string of the molecule is CCCn1nccc1C(NCC)c1cccc(F)c1F. The highest BCUT2D eigenvalue weighted by atomic mass is 19.2. The summed E-state index contributed by atoms with van der Waals surface area (Å²) in [7, 11) is 0. The van der Waals surface area contributed by atoms with Crippen LogP contribution in [0.2, 0.25) is 0 Å². The zero-order valence-electron chi connectivity index (χ0n) is 11.7. The molecule has 0 fully saturated rings. The largest absolute Gasteiger partial charge is 0.305 e. The van der Waals surface area contributed by atoms with E-state index in [1.54, 1.807) is 12.3 Å². The Hall–Kier alpha value is -1.75. The van der Waals surface area contributed by atoms with Crippen LogP contribution in [-0.2, 0) is 6.54 Å². The van der Waals surface area contributed by atoms with Gasteiger partial charge in [-0.15, -0.1) is 0 Å². The number of aryl methyl sites for hydroxylation is 1. The van der Waals surface area contributed by atoms with Crippen LogP contribution >= 0.6 is 0 Å². The van der Waals surface area contributed by atoms with Gasteiger partial charge in [0.2, 0.25) is 0 Å². The molecule has 0 amide bonds. The molecule has 1 unspecified atom stereocenters. The molecule has 0 bridgehead atoms. The fourth-order valence-electron chi connectivity index (χ4n) is 2.31. The van der Waals surface area contributed by atoms with Gasteiger partial charge in [-0.05, 0) is 25.1 Å². The molecule has 1 aromatic carbocycles. The first kappa shape index (κ1) is 14.7. The number of rotatable bonds is 6. The van der Waals surface area contributed by atoms with E-state index in [-0.39, 0.29) is 0 Å². The van der Waals surface area contributed by atoms with Crippen LogP contribution in [0.1, 0.15) is 37.6 Å². The van der Waals surface area contributed by atoms with Crippen LogP contribution < -0.4 is 5.32 Å². The van der Waals surface area contributed by atoms with Crippen LogP contribution in [0.5, 0.6) is 0 Å². The maximum Gasteiger partial charge on any atom is 0.163 e. The van der Waals surface area contributed by atoms with Gasteiger partial charge in [0.1, 0.15) is 0 Å². The number of nitrogens with one attached hydrogen (secondary N) is 1. The van der Waals surface area contributed by atoms with Crippen LogP contribution in [0.3, 0.4) is 0 Å². The average molecular weight is 279 g/mol. The van der Waals surface area contributed by atoms with Crippen LogP contribution in [-0.4, -0.2) is 16.3 Å². The van der Waals surface area contributed by atoms with Gasteiger partial charge < -0.3 is 5.32 Å². The highest BCUT2D eigenvalue weighted by molar-refractivity contribution is 5.29. The van der Waals surface area contributed by atoms with Crippen LogP contribution in [0, 0.1) is 11.6 Å². The lowest BCUT2D eigenvalue weighted by atomic mass is 10.0. The van der Waals surface area contributed by atoms with E-state index < -0.39 is 17.7 Å². The molecule has 0 radical (unpaired) electrons. The first-order chi connectivity index (χ1) is 9.69. The molecular weight excluding hydrogens is 260 g/mol. The molecule has 2 rings (SSSR count). The molecular formula is C15H19F2N3. The second kappa shape index (κ2) is 6.61. The lowest BCUT2D eigenvalue weighted by molar-refractivity contribution is 0.467. The first-order valence-electron chi connectivity index (χ1n) is 6.88. The third kappa shape index (κ3) is 2.88. The Labute approximate surface area is 117 Å². The minimum atomic E-state index is -0.827. The van der Waals surface area contributed by atoms with Crippen molar-refractivity contribution in [3.63, 3.8) is 0 Å². The van der Waals surface area contributed by atoms with Crippen molar-refractivity contribution in [1.82, 2.24) is 15.1 Å². The molecule has 108 valence electrons. The minimum Gasteiger partial charge on any atom is -0.305 e. The van der Waals surface area contributed by atoms with E-state index in [9.17, 15) is 8.78 Å². The smallest absolute Gasteiger partial charge is 0.163 e. The molecule has 1 atom stereocenters. The van der Waals surface area contributed by atoms with Gasteiger partial charge in [0.25, 0.3) is 0 Å². The van der Waals surface area contributed by atoms with Gasteiger partial charge >= 0.3 is 0 Å². The molecule has 1 aromatic heterocycles. The maximum absolute atomic E-state index is 14.0. The second-order valence-electron chi connectivity index (χ2n) is 4.61. The summed E-state index contributed by atoms with van der Waals surface area (Å²) >= 11 is 0. The third-order valence-corrected chi connectivity index (χ3v) is 3.18. The molecule has 5 heteroatoms. The average Bonchev–Trinajstić information content (AvgIpc) is 2.88. The van der Waals surface area contributed by atoms with Crippen molar-refractivity contribution in [2.24, 2.45) is 0 Å². The monoisotopic (exact) mass is 279 g/mol. The quantitative estimate of drug-likeness (QED) is 0.879. The van der Waals surface area contributed by atoms with Gasteiger partial charge in [0.05, 0.1) is 11.7 Å². The Morgan fingerprint density at radius 1 is 1.25 bits per heavy atom. The summed E-state index contributed by atoms with van der Waals surface area (Å²) < 4.78 is 29.3. The van der Waals surface area contributed by atoms with E-state index in [4.69, 9.17) is 0 Å². The Morgan fingerprint density at radius 2 is 2.05 bits per heavy atom. The number of hydrogen-bond acceptors (Lipinski definition) is 2. The predicted octanol–water partition coefficient (Wildman–Crippen LogP) is 3.27. The van der Waals surface area contributed by atoms with Crippen LogP contribution in [0.15, 0.2) is 30.5 Å². The summed E-state index contributed by atoms with van der Waals surface area (Å²) in [5.41, 5.74) is 1.16. The number of hydrogen-bond donors (Lipinski definition) is 1. The normalized spacial score (nSPS) is 12.6. The summed E-state index contributed by atoms with van der Waals surface area (Å²) in [6.07, 6.45) is 2.62. The van der Waals surface area contributed by atoms with Crippen molar-refractivity contribution in [1.29, 1.82) is 0 Å². The summed E-state index contributed by atoms with van der Waals surface area (Å²) in [5.74, 6) is -1.63. The zero-order valence-corrected chi connectivity index (χ0v) is 11.7.